The molecular formula is C14H26O2. The maximum absolute atomic E-state index is 10.2. The molecule has 2 nitrogen and oxygen atoms in total. The smallest absolute Gasteiger partial charge is 0.302 e. The van der Waals surface area contributed by atoms with E-state index in [9.17, 15) is 4.79 Å². The average molecular weight is 226 g/mol. The molecule has 2 heteroatoms. The van der Waals surface area contributed by atoms with E-state index in [2.05, 4.69) is 31.6 Å². The van der Waals surface area contributed by atoms with Gasteiger partial charge < -0.3 is 4.74 Å². The molecule has 0 amide bonds. The van der Waals surface area contributed by atoms with Crippen molar-refractivity contribution in [3.8, 4) is 0 Å². The molecule has 0 aromatic rings. The predicted molar refractivity (Wildman–Crippen MR) is 70.4 cm³/mol. The Bertz CT molecular complexity index is 211. The maximum Gasteiger partial charge on any atom is 0.302 e. The molecule has 0 saturated heterocycles. The SMILES string of the molecule is CCC=CCOC(C)=O.CCCC=C(C)C. The van der Waals surface area contributed by atoms with Crippen LogP contribution in [0.15, 0.2) is 23.8 Å². The van der Waals surface area contributed by atoms with E-state index in [1.165, 1.54) is 25.3 Å². The Morgan fingerprint density at radius 1 is 1.12 bits per heavy atom. The van der Waals surface area contributed by atoms with Gasteiger partial charge in [-0.05, 0) is 26.7 Å². The Hall–Kier alpha value is -1.05. The number of rotatable bonds is 5. The Labute approximate surface area is 100 Å². The van der Waals surface area contributed by atoms with Crippen LogP contribution in [-0.4, -0.2) is 12.6 Å². The summed E-state index contributed by atoms with van der Waals surface area (Å²) in [7, 11) is 0. The van der Waals surface area contributed by atoms with Crippen molar-refractivity contribution in [3.63, 3.8) is 0 Å². The maximum atomic E-state index is 10.2. The molecule has 0 unspecified atom stereocenters. The van der Waals surface area contributed by atoms with Crippen molar-refractivity contribution in [1.29, 1.82) is 0 Å². The quantitative estimate of drug-likeness (QED) is 0.517. The minimum absolute atomic E-state index is 0.226. The van der Waals surface area contributed by atoms with Crippen LogP contribution in [0.25, 0.3) is 0 Å². The van der Waals surface area contributed by atoms with Crippen LogP contribution in [0.5, 0.6) is 0 Å². The second kappa shape index (κ2) is 13.9. The summed E-state index contributed by atoms with van der Waals surface area (Å²) in [5.41, 5.74) is 1.43. The monoisotopic (exact) mass is 226 g/mol. The fraction of sp³-hybridized carbons (Fsp3) is 0.643. The highest BCUT2D eigenvalue weighted by atomic mass is 16.5. The molecule has 0 bridgehead atoms. The van der Waals surface area contributed by atoms with Crippen LogP contribution in [0.2, 0.25) is 0 Å². The van der Waals surface area contributed by atoms with Gasteiger partial charge in [-0.1, -0.05) is 44.1 Å². The summed E-state index contributed by atoms with van der Waals surface area (Å²) >= 11 is 0. The lowest BCUT2D eigenvalue weighted by molar-refractivity contribution is -0.139. The van der Waals surface area contributed by atoms with Gasteiger partial charge in [-0.15, -0.1) is 0 Å². The van der Waals surface area contributed by atoms with Crippen LogP contribution in [-0.2, 0) is 9.53 Å². The first-order chi connectivity index (χ1) is 7.54. The van der Waals surface area contributed by atoms with E-state index in [0.29, 0.717) is 6.61 Å². The molecule has 0 saturated carbocycles. The second-order valence-corrected chi connectivity index (χ2v) is 3.75. The van der Waals surface area contributed by atoms with E-state index in [1.54, 1.807) is 0 Å². The summed E-state index contributed by atoms with van der Waals surface area (Å²) < 4.78 is 4.62. The zero-order valence-corrected chi connectivity index (χ0v) is 11.4. The largest absolute Gasteiger partial charge is 0.462 e. The summed E-state index contributed by atoms with van der Waals surface area (Å²) in [6.45, 7) is 10.3. The molecule has 0 aromatic carbocycles. The number of unbranched alkanes of at least 4 members (excludes halogenated alkanes) is 1. The average Bonchev–Trinajstić information content (AvgIpc) is 2.22. The van der Waals surface area contributed by atoms with E-state index in [0.717, 1.165) is 6.42 Å². The second-order valence-electron chi connectivity index (χ2n) is 3.75. The highest BCUT2D eigenvalue weighted by Gasteiger charge is 1.84. The van der Waals surface area contributed by atoms with Gasteiger partial charge in [-0.3, -0.25) is 4.79 Å². The van der Waals surface area contributed by atoms with Crippen LogP contribution in [0.3, 0.4) is 0 Å². The predicted octanol–water partition coefficient (Wildman–Crippen LogP) is 4.27. The van der Waals surface area contributed by atoms with Crippen molar-refractivity contribution in [2.45, 2.75) is 53.9 Å². The molecule has 0 aliphatic rings. The third-order valence-corrected chi connectivity index (χ3v) is 1.63. The molecule has 0 N–H and O–H groups in total. The fourth-order valence-electron chi connectivity index (χ4n) is 0.833. The lowest BCUT2D eigenvalue weighted by atomic mass is 10.2. The molecule has 0 aliphatic heterocycles. The van der Waals surface area contributed by atoms with Crippen LogP contribution >= 0.6 is 0 Å². The first kappa shape index (κ1) is 17.3. The summed E-state index contributed by atoms with van der Waals surface area (Å²) in [5, 5.41) is 0. The van der Waals surface area contributed by atoms with Gasteiger partial charge in [0.25, 0.3) is 0 Å². The minimum Gasteiger partial charge on any atom is -0.462 e. The molecule has 16 heavy (non-hydrogen) atoms. The van der Waals surface area contributed by atoms with Gasteiger partial charge in [-0.25, -0.2) is 0 Å². The Balaban J connectivity index is 0. The standard InChI is InChI=1S/C7H12O2.C7H14/c1-3-4-5-6-9-7(2)8;1-4-5-6-7(2)3/h4-5H,3,6H2,1-2H3;6H,4-5H2,1-3H3. The van der Waals surface area contributed by atoms with Gasteiger partial charge in [0.15, 0.2) is 0 Å². The van der Waals surface area contributed by atoms with E-state index in [-0.39, 0.29) is 5.97 Å². The van der Waals surface area contributed by atoms with Gasteiger partial charge in [0.05, 0.1) is 0 Å². The van der Waals surface area contributed by atoms with Crippen molar-refractivity contribution < 1.29 is 9.53 Å². The number of allylic oxidation sites excluding steroid dienone is 3. The highest BCUT2D eigenvalue weighted by molar-refractivity contribution is 5.65. The Morgan fingerprint density at radius 2 is 1.75 bits per heavy atom. The third-order valence-electron chi connectivity index (χ3n) is 1.63. The number of hydrogen-bond acceptors (Lipinski definition) is 2. The van der Waals surface area contributed by atoms with E-state index in [1.807, 2.05) is 19.1 Å². The highest BCUT2D eigenvalue weighted by Crippen LogP contribution is 1.94. The summed E-state index contributed by atoms with van der Waals surface area (Å²) in [6.07, 6.45) is 9.55. The first-order valence-corrected chi connectivity index (χ1v) is 5.96. The molecule has 0 spiro atoms. The topological polar surface area (TPSA) is 26.3 Å². The summed E-state index contributed by atoms with van der Waals surface area (Å²) in [4.78, 5) is 10.2. The van der Waals surface area contributed by atoms with Gasteiger partial charge in [0, 0.05) is 6.92 Å². The Morgan fingerprint density at radius 3 is 2.06 bits per heavy atom. The van der Waals surface area contributed by atoms with Crippen LogP contribution in [0.1, 0.15) is 53.9 Å². The van der Waals surface area contributed by atoms with Crippen molar-refractivity contribution in [3.05, 3.63) is 23.8 Å². The Kier molecular flexibility index (Phi) is 15.1. The minimum atomic E-state index is -0.226. The van der Waals surface area contributed by atoms with E-state index < -0.39 is 0 Å². The van der Waals surface area contributed by atoms with Gasteiger partial charge >= 0.3 is 5.97 Å². The van der Waals surface area contributed by atoms with Crippen molar-refractivity contribution in [2.75, 3.05) is 6.61 Å². The van der Waals surface area contributed by atoms with Gasteiger partial charge in [-0.2, -0.15) is 0 Å². The number of esters is 1. The zero-order valence-electron chi connectivity index (χ0n) is 11.4. The molecule has 0 radical (unpaired) electrons. The van der Waals surface area contributed by atoms with E-state index in [4.69, 9.17) is 0 Å². The first-order valence-electron chi connectivity index (χ1n) is 5.96. The summed E-state index contributed by atoms with van der Waals surface area (Å²) in [5.74, 6) is -0.226. The molecular weight excluding hydrogens is 200 g/mol. The van der Waals surface area contributed by atoms with Crippen LogP contribution in [0.4, 0.5) is 0 Å². The molecule has 0 aromatic heterocycles. The fourth-order valence-corrected chi connectivity index (χ4v) is 0.833. The van der Waals surface area contributed by atoms with E-state index >= 15 is 0 Å². The third kappa shape index (κ3) is 23.1. The molecule has 0 fully saturated rings. The normalized spacial score (nSPS) is 9.31. The number of carbonyl (C=O) groups excluding carboxylic acids is 1. The number of hydrogen-bond donors (Lipinski definition) is 0. The van der Waals surface area contributed by atoms with Crippen LogP contribution in [0, 0.1) is 0 Å². The van der Waals surface area contributed by atoms with Crippen LogP contribution < -0.4 is 0 Å². The molecule has 94 valence electrons. The zero-order chi connectivity index (χ0) is 12.8. The van der Waals surface area contributed by atoms with Crippen molar-refractivity contribution in [2.24, 2.45) is 0 Å². The molecule has 0 atom stereocenters. The van der Waals surface area contributed by atoms with Crippen molar-refractivity contribution in [1.82, 2.24) is 0 Å². The summed E-state index contributed by atoms with van der Waals surface area (Å²) in [6, 6.07) is 0. The van der Waals surface area contributed by atoms with Gasteiger partial charge in [0.2, 0.25) is 0 Å². The molecule has 0 rings (SSSR count). The molecule has 0 aliphatic carbocycles. The van der Waals surface area contributed by atoms with Crippen molar-refractivity contribution >= 4 is 5.97 Å². The van der Waals surface area contributed by atoms with Gasteiger partial charge in [0.1, 0.15) is 6.61 Å². The number of carbonyl (C=O) groups is 1. The molecule has 0 heterocycles. The lowest BCUT2D eigenvalue weighted by Crippen LogP contribution is -1.96. The number of ether oxygens (including phenoxy) is 1. The lowest BCUT2D eigenvalue weighted by Gasteiger charge is -1.92.